The van der Waals surface area contributed by atoms with Gasteiger partial charge in [0.1, 0.15) is 0 Å². The van der Waals surface area contributed by atoms with Crippen molar-refractivity contribution in [2.75, 3.05) is 0 Å². The summed E-state index contributed by atoms with van der Waals surface area (Å²) in [5.41, 5.74) is 3.37. The first-order chi connectivity index (χ1) is 8.25. The molecule has 1 amide bonds. The molecule has 0 atom stereocenters. The van der Waals surface area contributed by atoms with Gasteiger partial charge in [-0.25, -0.2) is 4.79 Å². The van der Waals surface area contributed by atoms with Gasteiger partial charge in [-0.05, 0) is 11.6 Å². The molecular weight excluding hydrogens is 220 g/mol. The van der Waals surface area contributed by atoms with Crippen molar-refractivity contribution >= 4 is 6.09 Å². The number of carbonyl (C=O) groups is 1. The highest BCUT2D eigenvalue weighted by molar-refractivity contribution is 5.70. The summed E-state index contributed by atoms with van der Waals surface area (Å²) in [6, 6.07) is 3.70. The van der Waals surface area contributed by atoms with Gasteiger partial charge in [-0.15, -0.1) is 0 Å². The number of amides is 1. The summed E-state index contributed by atoms with van der Waals surface area (Å²) in [5, 5.41) is 15.9. The van der Waals surface area contributed by atoms with Crippen LogP contribution in [-0.4, -0.2) is 31.3 Å². The quantitative estimate of drug-likeness (QED) is 0.717. The van der Waals surface area contributed by atoms with Crippen LogP contribution in [0.5, 0.6) is 0 Å². The molecule has 2 N–H and O–H groups in total. The standard InChI is InChI=1S/C11H10N4O2/c16-11(17)15-5-7-2-1-3-12-10(7)8-4-13-14-9(8)6-15/h1-4H,5-6H2,(H,13,14)(H,16,17). The second-order valence-electron chi connectivity index (χ2n) is 3.91. The van der Waals surface area contributed by atoms with Crippen LogP contribution in [0.15, 0.2) is 24.5 Å². The zero-order valence-corrected chi connectivity index (χ0v) is 8.92. The minimum atomic E-state index is -0.942. The molecular formula is C11H10N4O2. The van der Waals surface area contributed by atoms with Crippen LogP contribution in [0.25, 0.3) is 11.3 Å². The third-order valence-electron chi connectivity index (χ3n) is 2.85. The van der Waals surface area contributed by atoms with Crippen LogP contribution in [0.3, 0.4) is 0 Å². The summed E-state index contributed by atoms with van der Waals surface area (Å²) in [7, 11) is 0. The number of aromatic nitrogens is 3. The molecule has 0 bridgehead atoms. The van der Waals surface area contributed by atoms with Crippen LogP contribution in [0, 0.1) is 0 Å². The Morgan fingerprint density at radius 3 is 3.18 bits per heavy atom. The molecule has 0 aliphatic carbocycles. The molecule has 86 valence electrons. The van der Waals surface area contributed by atoms with E-state index in [9.17, 15) is 4.79 Å². The predicted octanol–water partition coefficient (Wildman–Crippen LogP) is 1.47. The van der Waals surface area contributed by atoms with E-state index in [-0.39, 0.29) is 0 Å². The van der Waals surface area contributed by atoms with Crippen molar-refractivity contribution in [2.24, 2.45) is 0 Å². The maximum absolute atomic E-state index is 11.1. The van der Waals surface area contributed by atoms with E-state index >= 15 is 0 Å². The van der Waals surface area contributed by atoms with Crippen LogP contribution in [0.4, 0.5) is 4.79 Å². The third-order valence-corrected chi connectivity index (χ3v) is 2.85. The van der Waals surface area contributed by atoms with Crippen molar-refractivity contribution < 1.29 is 9.90 Å². The fourth-order valence-corrected chi connectivity index (χ4v) is 2.03. The van der Waals surface area contributed by atoms with Crippen LogP contribution in [-0.2, 0) is 13.1 Å². The van der Waals surface area contributed by atoms with Crippen molar-refractivity contribution in [2.45, 2.75) is 13.1 Å². The first kappa shape index (κ1) is 9.83. The summed E-state index contributed by atoms with van der Waals surface area (Å²) in [4.78, 5) is 16.8. The number of aromatic amines is 1. The second kappa shape index (κ2) is 3.58. The molecule has 3 heterocycles. The van der Waals surface area contributed by atoms with Crippen LogP contribution in [0.1, 0.15) is 11.3 Å². The monoisotopic (exact) mass is 230 g/mol. The van der Waals surface area contributed by atoms with Gasteiger partial charge in [0.05, 0.1) is 30.7 Å². The van der Waals surface area contributed by atoms with E-state index in [4.69, 9.17) is 5.11 Å². The van der Waals surface area contributed by atoms with Crippen molar-refractivity contribution in [1.29, 1.82) is 0 Å². The van der Waals surface area contributed by atoms with Gasteiger partial charge in [0.25, 0.3) is 0 Å². The van der Waals surface area contributed by atoms with Crippen molar-refractivity contribution in [3.05, 3.63) is 35.8 Å². The van der Waals surface area contributed by atoms with E-state index in [1.165, 1.54) is 4.90 Å². The van der Waals surface area contributed by atoms with E-state index in [2.05, 4.69) is 15.2 Å². The Morgan fingerprint density at radius 1 is 1.47 bits per heavy atom. The Labute approximate surface area is 96.9 Å². The average molecular weight is 230 g/mol. The molecule has 0 fully saturated rings. The summed E-state index contributed by atoms with van der Waals surface area (Å²) in [6.07, 6.45) is 2.45. The normalized spacial score (nSPS) is 13.8. The lowest BCUT2D eigenvalue weighted by Gasteiger charge is -2.16. The van der Waals surface area contributed by atoms with Gasteiger partial charge < -0.3 is 5.11 Å². The van der Waals surface area contributed by atoms with Gasteiger partial charge in [-0.2, -0.15) is 5.10 Å². The van der Waals surface area contributed by atoms with E-state index in [1.54, 1.807) is 12.4 Å². The van der Waals surface area contributed by atoms with Crippen molar-refractivity contribution in [3.63, 3.8) is 0 Å². The molecule has 3 rings (SSSR count). The molecule has 6 heteroatoms. The lowest BCUT2D eigenvalue weighted by molar-refractivity contribution is 0.139. The molecule has 0 saturated carbocycles. The predicted molar refractivity (Wildman–Crippen MR) is 59.1 cm³/mol. The van der Waals surface area contributed by atoms with E-state index in [0.717, 1.165) is 22.5 Å². The van der Waals surface area contributed by atoms with Crippen molar-refractivity contribution in [1.82, 2.24) is 20.1 Å². The first-order valence-corrected chi connectivity index (χ1v) is 5.20. The number of nitrogens with zero attached hydrogens (tertiary/aromatic N) is 3. The van der Waals surface area contributed by atoms with Gasteiger partial charge in [-0.1, -0.05) is 6.07 Å². The maximum atomic E-state index is 11.1. The molecule has 2 aromatic rings. The Hall–Kier alpha value is -2.37. The summed E-state index contributed by atoms with van der Waals surface area (Å²) < 4.78 is 0. The molecule has 1 aliphatic heterocycles. The molecule has 6 nitrogen and oxygen atoms in total. The fourth-order valence-electron chi connectivity index (χ4n) is 2.03. The molecule has 0 unspecified atom stereocenters. The summed E-state index contributed by atoms with van der Waals surface area (Å²) in [6.45, 7) is 0.655. The number of hydrogen-bond donors (Lipinski definition) is 2. The summed E-state index contributed by atoms with van der Waals surface area (Å²) >= 11 is 0. The zero-order chi connectivity index (χ0) is 11.8. The largest absolute Gasteiger partial charge is 0.465 e. The number of rotatable bonds is 0. The van der Waals surface area contributed by atoms with Crippen molar-refractivity contribution in [3.8, 4) is 11.3 Å². The molecule has 0 saturated heterocycles. The Bertz CT molecular complexity index is 578. The minimum absolute atomic E-state index is 0.307. The maximum Gasteiger partial charge on any atom is 0.407 e. The molecule has 2 aromatic heterocycles. The number of hydrogen-bond acceptors (Lipinski definition) is 3. The van der Waals surface area contributed by atoms with Crippen LogP contribution >= 0.6 is 0 Å². The molecule has 1 aliphatic rings. The molecule has 0 spiro atoms. The highest BCUT2D eigenvalue weighted by Crippen LogP contribution is 2.29. The number of nitrogens with one attached hydrogen (secondary N) is 1. The number of fused-ring (bicyclic) bond motifs is 3. The van der Waals surface area contributed by atoms with Gasteiger partial charge in [-0.3, -0.25) is 15.0 Å². The Morgan fingerprint density at radius 2 is 2.35 bits per heavy atom. The minimum Gasteiger partial charge on any atom is -0.465 e. The lowest BCUT2D eigenvalue weighted by atomic mass is 10.1. The average Bonchev–Trinajstić information content (AvgIpc) is 2.71. The fraction of sp³-hybridized carbons (Fsp3) is 0.182. The van der Waals surface area contributed by atoms with Crippen LogP contribution < -0.4 is 0 Å². The smallest absolute Gasteiger partial charge is 0.407 e. The summed E-state index contributed by atoms with van der Waals surface area (Å²) in [5.74, 6) is 0. The highest BCUT2D eigenvalue weighted by Gasteiger charge is 2.24. The third kappa shape index (κ3) is 1.54. The Balaban J connectivity index is 2.18. The van der Waals surface area contributed by atoms with Gasteiger partial charge in [0.2, 0.25) is 0 Å². The zero-order valence-electron chi connectivity index (χ0n) is 8.92. The molecule has 17 heavy (non-hydrogen) atoms. The van der Waals surface area contributed by atoms with Crippen LogP contribution in [0.2, 0.25) is 0 Å². The molecule has 0 radical (unpaired) electrons. The number of H-pyrrole nitrogens is 1. The van der Waals surface area contributed by atoms with E-state index in [0.29, 0.717) is 13.1 Å². The van der Waals surface area contributed by atoms with E-state index in [1.807, 2.05) is 12.1 Å². The van der Waals surface area contributed by atoms with Gasteiger partial charge in [0, 0.05) is 11.8 Å². The number of pyridine rings is 1. The lowest BCUT2D eigenvalue weighted by Crippen LogP contribution is -2.27. The van der Waals surface area contributed by atoms with Gasteiger partial charge in [0.15, 0.2) is 0 Å². The second-order valence-corrected chi connectivity index (χ2v) is 3.91. The Kier molecular flexibility index (Phi) is 2.07. The van der Waals surface area contributed by atoms with Gasteiger partial charge >= 0.3 is 6.09 Å². The first-order valence-electron chi connectivity index (χ1n) is 5.20. The topological polar surface area (TPSA) is 82.1 Å². The number of carboxylic acid groups (broad SMARTS) is 1. The SMILES string of the molecule is O=C(O)N1Cc2cccnc2-c2cn[nH]c2C1. The van der Waals surface area contributed by atoms with E-state index < -0.39 is 6.09 Å². The molecule has 0 aromatic carbocycles. The highest BCUT2D eigenvalue weighted by atomic mass is 16.4.